The molecule has 0 saturated carbocycles. The molecule has 0 aromatic carbocycles. The Morgan fingerprint density at radius 3 is 2.39 bits per heavy atom. The third kappa shape index (κ3) is 3.69. The number of halogens is 6. The molecule has 3 aromatic heterocycles. The van der Waals surface area contributed by atoms with Crippen molar-refractivity contribution in [2.24, 2.45) is 0 Å². The predicted molar refractivity (Wildman–Crippen MR) is 81.2 cm³/mol. The van der Waals surface area contributed by atoms with Crippen LogP contribution in [0.1, 0.15) is 11.5 Å². The smallest absolute Gasteiger partial charge is 0.422 e. The first-order valence-corrected chi connectivity index (χ1v) is 7.53. The highest BCUT2D eigenvalue weighted by molar-refractivity contribution is 5.63. The number of fused-ring (bicyclic) bond motifs is 1. The van der Waals surface area contributed by atoms with Gasteiger partial charge in [0.05, 0.1) is 11.9 Å². The van der Waals surface area contributed by atoms with Gasteiger partial charge in [-0.2, -0.15) is 22.0 Å². The molecular formula is C15H11F6N5O2. The Kier molecular flexibility index (Phi) is 4.87. The van der Waals surface area contributed by atoms with Crippen LogP contribution in [-0.4, -0.2) is 44.5 Å². The summed E-state index contributed by atoms with van der Waals surface area (Å²) in [6, 6.07) is 0.832. The molecule has 0 aliphatic carbocycles. The lowest BCUT2D eigenvalue weighted by Crippen LogP contribution is -2.21. The van der Waals surface area contributed by atoms with E-state index in [0.29, 0.717) is 0 Å². The quantitative estimate of drug-likeness (QED) is 0.605. The number of pyridine rings is 1. The van der Waals surface area contributed by atoms with Crippen molar-refractivity contribution in [1.82, 2.24) is 24.6 Å². The minimum Gasteiger partial charge on any atom is -0.466 e. The first-order valence-electron chi connectivity index (χ1n) is 7.53. The van der Waals surface area contributed by atoms with Gasteiger partial charge in [-0.25, -0.2) is 9.37 Å². The van der Waals surface area contributed by atoms with Crippen molar-refractivity contribution in [3.05, 3.63) is 35.8 Å². The van der Waals surface area contributed by atoms with Crippen molar-refractivity contribution < 1.29 is 35.8 Å². The van der Waals surface area contributed by atoms with E-state index in [1.807, 2.05) is 0 Å². The lowest BCUT2D eigenvalue weighted by atomic mass is 10.1. The molecule has 3 aromatic rings. The van der Waals surface area contributed by atoms with Gasteiger partial charge in [0, 0.05) is 24.6 Å². The average Bonchev–Trinajstić information content (AvgIpc) is 3.06. The first-order chi connectivity index (χ1) is 13.0. The van der Waals surface area contributed by atoms with Crippen molar-refractivity contribution in [2.75, 3.05) is 13.7 Å². The molecule has 3 heterocycles. The van der Waals surface area contributed by atoms with Crippen molar-refractivity contribution in [1.29, 1.82) is 0 Å². The van der Waals surface area contributed by atoms with Gasteiger partial charge in [-0.05, 0) is 13.0 Å². The second-order valence-electron chi connectivity index (χ2n) is 5.55. The zero-order valence-corrected chi connectivity index (χ0v) is 14.3. The maximum Gasteiger partial charge on any atom is 0.422 e. The number of alkyl halides is 5. The van der Waals surface area contributed by atoms with Gasteiger partial charge in [0.25, 0.3) is 5.88 Å². The van der Waals surface area contributed by atoms with Crippen molar-refractivity contribution >= 4 is 5.65 Å². The second-order valence-corrected chi connectivity index (χ2v) is 5.55. The van der Waals surface area contributed by atoms with Crippen LogP contribution in [0.25, 0.3) is 16.9 Å². The van der Waals surface area contributed by atoms with E-state index in [-0.39, 0.29) is 22.6 Å². The third-order valence-electron chi connectivity index (χ3n) is 3.65. The molecule has 0 atom stereocenters. The number of hydrogen-bond acceptors (Lipinski definition) is 6. The summed E-state index contributed by atoms with van der Waals surface area (Å²) in [6.45, 7) is -0.310. The van der Waals surface area contributed by atoms with Gasteiger partial charge < -0.3 is 9.47 Å². The molecule has 0 fully saturated rings. The summed E-state index contributed by atoms with van der Waals surface area (Å²) in [6.07, 6.45) is -6.28. The summed E-state index contributed by atoms with van der Waals surface area (Å²) in [5.41, 5.74) is 0.164. The van der Waals surface area contributed by atoms with Crippen molar-refractivity contribution in [3.8, 4) is 17.1 Å². The van der Waals surface area contributed by atoms with Crippen molar-refractivity contribution in [3.63, 3.8) is 0 Å². The van der Waals surface area contributed by atoms with Gasteiger partial charge in [-0.1, -0.05) is 0 Å². The van der Waals surface area contributed by atoms with E-state index >= 15 is 0 Å². The second kappa shape index (κ2) is 6.89. The lowest BCUT2D eigenvalue weighted by Gasteiger charge is -2.14. The van der Waals surface area contributed by atoms with Gasteiger partial charge in [-0.15, -0.1) is 10.2 Å². The van der Waals surface area contributed by atoms with Crippen LogP contribution in [0.2, 0.25) is 0 Å². The molecule has 0 amide bonds. The van der Waals surface area contributed by atoms with E-state index in [1.165, 1.54) is 6.92 Å². The van der Waals surface area contributed by atoms with Crippen molar-refractivity contribution in [2.45, 2.75) is 19.2 Å². The van der Waals surface area contributed by atoms with E-state index in [0.717, 1.165) is 30.0 Å². The first kappa shape index (κ1) is 19.8. The summed E-state index contributed by atoms with van der Waals surface area (Å²) >= 11 is 0. The number of hydrogen-bond donors (Lipinski definition) is 0. The fourth-order valence-electron chi connectivity index (χ4n) is 2.41. The number of ether oxygens (including phenoxy) is 2. The van der Waals surface area contributed by atoms with Crippen LogP contribution < -0.4 is 4.74 Å². The van der Waals surface area contributed by atoms with Gasteiger partial charge >= 0.3 is 12.3 Å². The Morgan fingerprint density at radius 2 is 1.79 bits per heavy atom. The van der Waals surface area contributed by atoms with E-state index in [2.05, 4.69) is 29.6 Å². The largest absolute Gasteiger partial charge is 0.466 e. The molecule has 0 radical (unpaired) electrons. The highest BCUT2D eigenvalue weighted by Crippen LogP contribution is 2.31. The summed E-state index contributed by atoms with van der Waals surface area (Å²) in [4.78, 5) is 7.52. The zero-order chi connectivity index (χ0) is 20.7. The number of aromatic nitrogens is 5. The van der Waals surface area contributed by atoms with Gasteiger partial charge in [-0.3, -0.25) is 9.38 Å². The fourth-order valence-corrected chi connectivity index (χ4v) is 2.41. The molecular weight excluding hydrogens is 396 g/mol. The van der Waals surface area contributed by atoms with Crippen LogP contribution in [0.4, 0.5) is 26.3 Å². The highest BCUT2D eigenvalue weighted by atomic mass is 19.4. The maximum atomic E-state index is 14.1. The predicted octanol–water partition coefficient (Wildman–Crippen LogP) is 3.27. The zero-order valence-electron chi connectivity index (χ0n) is 14.3. The average molecular weight is 407 g/mol. The normalized spacial score (nSPS) is 12.6. The molecule has 3 rings (SSSR count). The van der Waals surface area contributed by atoms with E-state index in [1.54, 1.807) is 0 Å². The Balaban J connectivity index is 2.03. The Morgan fingerprint density at radius 1 is 1.07 bits per heavy atom. The molecule has 0 spiro atoms. The molecule has 0 saturated heterocycles. The minimum absolute atomic E-state index is 0.00784. The molecule has 7 nitrogen and oxygen atoms in total. The van der Waals surface area contributed by atoms with Crippen LogP contribution in [0.3, 0.4) is 0 Å². The molecule has 150 valence electrons. The van der Waals surface area contributed by atoms with Gasteiger partial charge in [0.1, 0.15) is 0 Å². The van der Waals surface area contributed by atoms with E-state index < -0.39 is 36.4 Å². The molecule has 0 aliphatic heterocycles. The molecule has 0 bridgehead atoms. The Hall–Kier alpha value is -2.96. The monoisotopic (exact) mass is 407 g/mol. The van der Waals surface area contributed by atoms with Crippen LogP contribution in [-0.2, 0) is 10.8 Å². The van der Waals surface area contributed by atoms with E-state index in [4.69, 9.17) is 0 Å². The van der Waals surface area contributed by atoms with Gasteiger partial charge in [0.2, 0.25) is 5.82 Å². The van der Waals surface area contributed by atoms with Crippen LogP contribution in [0, 0.1) is 12.7 Å². The summed E-state index contributed by atoms with van der Waals surface area (Å²) < 4.78 is 87.8. The third-order valence-corrected chi connectivity index (χ3v) is 3.65. The van der Waals surface area contributed by atoms with Crippen LogP contribution >= 0.6 is 0 Å². The lowest BCUT2D eigenvalue weighted by molar-refractivity contribution is -0.237. The molecule has 0 N–H and O–H groups in total. The standard InChI is InChI=1S/C15H11F6N5O2/c1-7-11(8-3-9(16)12(23-4-8)28-6-14(17,18)19)22-5-10-24-25-13(26(7)10)15(20,21)27-2/h3-5H,6H2,1-2H3. The number of nitrogens with zero attached hydrogens (tertiary/aromatic N) is 5. The Labute approximate surface area is 152 Å². The number of rotatable bonds is 5. The summed E-state index contributed by atoms with van der Waals surface area (Å²) in [5, 5.41) is 6.98. The van der Waals surface area contributed by atoms with E-state index in [9.17, 15) is 26.3 Å². The molecule has 28 heavy (non-hydrogen) atoms. The fraction of sp³-hybridized carbons (Fsp3) is 0.333. The van der Waals surface area contributed by atoms with Crippen LogP contribution in [0.15, 0.2) is 18.5 Å². The topological polar surface area (TPSA) is 74.4 Å². The van der Waals surface area contributed by atoms with Crippen LogP contribution in [0.5, 0.6) is 5.88 Å². The molecule has 13 heteroatoms. The highest BCUT2D eigenvalue weighted by Gasteiger charge is 2.38. The molecule has 0 aliphatic rings. The number of aryl methyl sites for hydroxylation is 1. The maximum absolute atomic E-state index is 14.1. The minimum atomic E-state index is -4.66. The summed E-state index contributed by atoms with van der Waals surface area (Å²) in [7, 11) is 0.789. The summed E-state index contributed by atoms with van der Waals surface area (Å²) in [5.74, 6) is -2.84. The van der Waals surface area contributed by atoms with Gasteiger partial charge in [0.15, 0.2) is 18.1 Å². The SMILES string of the molecule is COC(F)(F)c1nnc2cnc(-c3cnc(OCC(F)(F)F)c(F)c3)c(C)n12. The number of methoxy groups -OCH3 is 1. The molecule has 0 unspecified atom stereocenters. The Bertz CT molecular complexity index is 1020.